The standard InChI is InChI=1S/C23H25ClN6O/c1-23(2,31)16-5-6-21(28-13-16)29-22(27-4)19-7-8-30(14-20(19)26-3)18-10-15(12-25)9-17(24)11-18/h5-6,9-11,13,31H,3,7-8,14H2,1-2,4H3,(H,27,28,29). The summed E-state index contributed by atoms with van der Waals surface area (Å²) in [6, 6.07) is 11.1. The topological polar surface area (TPSA) is 96.9 Å². The number of hydrogen-bond donors (Lipinski definition) is 2. The molecule has 0 atom stereocenters. The monoisotopic (exact) mass is 436 g/mol. The van der Waals surface area contributed by atoms with Gasteiger partial charge in [-0.15, -0.1) is 0 Å². The first-order valence-electron chi connectivity index (χ1n) is 9.82. The maximum atomic E-state index is 10.1. The summed E-state index contributed by atoms with van der Waals surface area (Å²) >= 11 is 6.17. The minimum absolute atomic E-state index is 0.517. The Bertz CT molecular complexity index is 1080. The maximum absolute atomic E-state index is 10.1. The zero-order valence-corrected chi connectivity index (χ0v) is 18.6. The van der Waals surface area contributed by atoms with Gasteiger partial charge in [-0.1, -0.05) is 17.7 Å². The molecule has 0 saturated carbocycles. The smallest absolute Gasteiger partial charge is 0.131 e. The van der Waals surface area contributed by atoms with Crippen molar-refractivity contribution in [3.05, 3.63) is 63.9 Å². The van der Waals surface area contributed by atoms with Crippen molar-refractivity contribution in [3.8, 4) is 6.07 Å². The fourth-order valence-electron chi connectivity index (χ4n) is 3.41. The number of rotatable bonds is 5. The van der Waals surface area contributed by atoms with Crippen LogP contribution in [0.25, 0.3) is 0 Å². The number of halogens is 1. The lowest BCUT2D eigenvalue weighted by molar-refractivity contribution is 0.0782. The van der Waals surface area contributed by atoms with E-state index in [9.17, 15) is 10.4 Å². The first-order chi connectivity index (χ1) is 14.7. The fourth-order valence-corrected chi connectivity index (χ4v) is 3.64. The summed E-state index contributed by atoms with van der Waals surface area (Å²) in [6.45, 7) is 8.41. The van der Waals surface area contributed by atoms with Crippen LogP contribution in [-0.2, 0) is 5.60 Å². The molecule has 0 amide bonds. The van der Waals surface area contributed by atoms with Crippen LogP contribution in [-0.4, -0.2) is 42.8 Å². The van der Waals surface area contributed by atoms with Gasteiger partial charge >= 0.3 is 0 Å². The van der Waals surface area contributed by atoms with Crippen LogP contribution in [0.1, 0.15) is 31.4 Å². The normalized spacial score (nSPS) is 15.0. The third-order valence-electron chi connectivity index (χ3n) is 5.11. The molecule has 0 radical (unpaired) electrons. The Hall–Kier alpha value is -3.21. The first-order valence-corrected chi connectivity index (χ1v) is 10.2. The van der Waals surface area contributed by atoms with Gasteiger partial charge in [-0.2, -0.15) is 5.26 Å². The van der Waals surface area contributed by atoms with Crippen molar-refractivity contribution in [2.75, 3.05) is 30.4 Å². The molecule has 1 aromatic carbocycles. The highest BCUT2D eigenvalue weighted by Crippen LogP contribution is 2.29. The average molecular weight is 437 g/mol. The summed E-state index contributed by atoms with van der Waals surface area (Å²) in [5.74, 6) is 1.30. The molecule has 8 heteroatoms. The van der Waals surface area contributed by atoms with Gasteiger partial charge in [0, 0.05) is 41.6 Å². The SMILES string of the molecule is C=NC1=C(/C(=N\C)Nc2ccc(C(C)(C)O)cn2)CCN(c2cc(Cl)cc(C#N)c2)C1. The van der Waals surface area contributed by atoms with Crippen LogP contribution >= 0.6 is 11.6 Å². The first kappa shape index (κ1) is 22.5. The highest BCUT2D eigenvalue weighted by Gasteiger charge is 2.23. The van der Waals surface area contributed by atoms with Crippen molar-refractivity contribution >= 4 is 35.7 Å². The molecule has 2 heterocycles. The lowest BCUT2D eigenvalue weighted by Crippen LogP contribution is -2.34. The van der Waals surface area contributed by atoms with E-state index < -0.39 is 5.60 Å². The molecule has 31 heavy (non-hydrogen) atoms. The number of nitriles is 1. The van der Waals surface area contributed by atoms with Gasteiger partial charge in [-0.25, -0.2) is 4.98 Å². The largest absolute Gasteiger partial charge is 0.386 e. The van der Waals surface area contributed by atoms with E-state index >= 15 is 0 Å². The fraction of sp³-hybridized carbons (Fsp3) is 0.304. The van der Waals surface area contributed by atoms with E-state index in [0.717, 1.165) is 22.5 Å². The van der Waals surface area contributed by atoms with Crippen molar-refractivity contribution < 1.29 is 5.11 Å². The molecule has 0 aliphatic carbocycles. The molecule has 0 spiro atoms. The van der Waals surface area contributed by atoms with Gasteiger partial charge in [0.2, 0.25) is 0 Å². The predicted octanol–water partition coefficient (Wildman–Crippen LogP) is 4.14. The number of aliphatic imine (C=N–C) groups is 2. The second-order valence-electron chi connectivity index (χ2n) is 7.75. The molecule has 0 bridgehead atoms. The van der Waals surface area contributed by atoms with E-state index in [0.29, 0.717) is 41.7 Å². The van der Waals surface area contributed by atoms with Crippen LogP contribution < -0.4 is 10.2 Å². The lowest BCUT2D eigenvalue weighted by Gasteiger charge is -2.31. The number of nitrogens with one attached hydrogen (secondary N) is 1. The summed E-state index contributed by atoms with van der Waals surface area (Å²) < 4.78 is 0. The summed E-state index contributed by atoms with van der Waals surface area (Å²) in [7, 11) is 1.71. The molecule has 160 valence electrons. The third kappa shape index (κ3) is 5.29. The van der Waals surface area contributed by atoms with E-state index in [1.165, 1.54) is 0 Å². The number of benzene rings is 1. The van der Waals surface area contributed by atoms with Crippen LogP contribution in [0.2, 0.25) is 5.02 Å². The maximum Gasteiger partial charge on any atom is 0.131 e. The Balaban J connectivity index is 1.83. The predicted molar refractivity (Wildman–Crippen MR) is 126 cm³/mol. The van der Waals surface area contributed by atoms with Crippen LogP contribution in [0.3, 0.4) is 0 Å². The summed E-state index contributed by atoms with van der Waals surface area (Å²) in [6.07, 6.45) is 2.33. The summed E-state index contributed by atoms with van der Waals surface area (Å²) in [4.78, 5) is 15.2. The molecule has 2 aromatic rings. The summed E-state index contributed by atoms with van der Waals surface area (Å²) in [5, 5.41) is 23.1. The number of pyridine rings is 1. The van der Waals surface area contributed by atoms with Gasteiger partial charge in [-0.3, -0.25) is 9.98 Å². The summed E-state index contributed by atoms with van der Waals surface area (Å²) in [5.41, 5.74) is 2.93. The highest BCUT2D eigenvalue weighted by molar-refractivity contribution is 6.31. The number of aliphatic hydroxyl groups is 1. The van der Waals surface area contributed by atoms with Crippen LogP contribution in [0, 0.1) is 11.3 Å². The van der Waals surface area contributed by atoms with Gasteiger partial charge in [-0.05, 0) is 51.3 Å². The molecule has 0 saturated heterocycles. The number of hydrogen-bond acceptors (Lipinski definition) is 6. The number of nitrogens with zero attached hydrogens (tertiary/aromatic N) is 5. The van der Waals surface area contributed by atoms with Crippen LogP contribution in [0.5, 0.6) is 0 Å². The van der Waals surface area contributed by atoms with Crippen molar-refractivity contribution in [1.29, 1.82) is 5.26 Å². The number of amidine groups is 1. The van der Waals surface area contributed by atoms with Crippen molar-refractivity contribution in [2.24, 2.45) is 9.98 Å². The Morgan fingerprint density at radius 1 is 1.35 bits per heavy atom. The molecule has 1 aliphatic rings. The van der Waals surface area contributed by atoms with E-state index in [4.69, 9.17) is 11.6 Å². The Morgan fingerprint density at radius 2 is 2.13 bits per heavy atom. The number of anilines is 2. The molecular weight excluding hydrogens is 412 g/mol. The Morgan fingerprint density at radius 3 is 2.71 bits per heavy atom. The van der Waals surface area contributed by atoms with Gasteiger partial charge in [0.05, 0.1) is 29.5 Å². The molecule has 2 N–H and O–H groups in total. The average Bonchev–Trinajstić information content (AvgIpc) is 2.76. The molecule has 3 rings (SSSR count). The second kappa shape index (κ2) is 9.29. The zero-order valence-electron chi connectivity index (χ0n) is 17.9. The van der Waals surface area contributed by atoms with E-state index in [-0.39, 0.29) is 0 Å². The quantitative estimate of drug-likeness (QED) is 0.542. The van der Waals surface area contributed by atoms with Gasteiger partial charge < -0.3 is 15.3 Å². The van der Waals surface area contributed by atoms with Gasteiger partial charge in [0.15, 0.2) is 0 Å². The number of aromatic nitrogens is 1. The highest BCUT2D eigenvalue weighted by atomic mass is 35.5. The van der Waals surface area contributed by atoms with Crippen molar-refractivity contribution in [2.45, 2.75) is 25.9 Å². The minimum atomic E-state index is -0.950. The lowest BCUT2D eigenvalue weighted by atomic mass is 10.0. The van der Waals surface area contributed by atoms with Crippen LogP contribution in [0.15, 0.2) is 57.8 Å². The third-order valence-corrected chi connectivity index (χ3v) is 5.33. The molecule has 1 aromatic heterocycles. The molecule has 1 aliphatic heterocycles. The molecular formula is C23H25ClN6O. The Labute approximate surface area is 187 Å². The van der Waals surface area contributed by atoms with Crippen molar-refractivity contribution in [1.82, 2.24) is 4.98 Å². The van der Waals surface area contributed by atoms with E-state index in [1.54, 1.807) is 33.2 Å². The zero-order chi connectivity index (χ0) is 22.6. The molecule has 7 nitrogen and oxygen atoms in total. The minimum Gasteiger partial charge on any atom is -0.386 e. The van der Waals surface area contributed by atoms with Gasteiger partial charge in [0.1, 0.15) is 11.7 Å². The van der Waals surface area contributed by atoms with Crippen LogP contribution in [0.4, 0.5) is 11.5 Å². The molecule has 0 unspecified atom stereocenters. The molecule has 0 fully saturated rings. The van der Waals surface area contributed by atoms with Crippen molar-refractivity contribution in [3.63, 3.8) is 0 Å². The van der Waals surface area contributed by atoms with E-state index in [1.807, 2.05) is 24.3 Å². The van der Waals surface area contributed by atoms with Gasteiger partial charge in [0.25, 0.3) is 0 Å². The second-order valence-corrected chi connectivity index (χ2v) is 8.19. The van der Waals surface area contributed by atoms with E-state index in [2.05, 4.69) is 38.0 Å². The Kier molecular flexibility index (Phi) is 6.74.